The first-order valence-electron chi connectivity index (χ1n) is 7.89. The molecule has 6 heteroatoms. The van der Waals surface area contributed by atoms with E-state index in [1.165, 1.54) is 22.0 Å². The summed E-state index contributed by atoms with van der Waals surface area (Å²) in [4.78, 5) is 12.6. The first-order chi connectivity index (χ1) is 12.0. The van der Waals surface area contributed by atoms with Crippen LogP contribution in [0.15, 0.2) is 52.4 Å². The molecule has 1 heterocycles. The molecule has 0 aliphatic heterocycles. The number of halogens is 1. The van der Waals surface area contributed by atoms with Gasteiger partial charge in [0.05, 0.1) is 23.2 Å². The molecule has 3 rings (SSSR count). The summed E-state index contributed by atoms with van der Waals surface area (Å²) in [6, 6.07) is 13.1. The van der Waals surface area contributed by atoms with Crippen molar-refractivity contribution < 1.29 is 0 Å². The highest BCUT2D eigenvalue weighted by Gasteiger charge is 2.10. The van der Waals surface area contributed by atoms with Crippen LogP contribution >= 0.6 is 11.6 Å². The average molecular weight is 355 g/mol. The number of hydrogen-bond donors (Lipinski definition) is 2. The lowest BCUT2D eigenvalue weighted by molar-refractivity contribution is 0.835. The van der Waals surface area contributed by atoms with Crippen LogP contribution < -0.4 is 11.0 Å². The molecule has 5 nitrogen and oxygen atoms in total. The Bertz CT molecular complexity index is 984. The first-order valence-corrected chi connectivity index (χ1v) is 8.27. The van der Waals surface area contributed by atoms with Crippen molar-refractivity contribution in [2.24, 2.45) is 5.10 Å². The van der Waals surface area contributed by atoms with Crippen LogP contribution in [-0.2, 0) is 0 Å². The van der Waals surface area contributed by atoms with Gasteiger partial charge in [-0.25, -0.2) is 4.68 Å². The third kappa shape index (κ3) is 3.67. The van der Waals surface area contributed by atoms with E-state index < -0.39 is 0 Å². The Hall–Kier alpha value is -2.79. The van der Waals surface area contributed by atoms with Crippen molar-refractivity contribution in [1.82, 2.24) is 9.78 Å². The Morgan fingerprint density at radius 3 is 2.48 bits per heavy atom. The number of benzene rings is 2. The Balaban J connectivity index is 1.84. The number of aromatic amines is 1. The quantitative estimate of drug-likeness (QED) is 0.545. The van der Waals surface area contributed by atoms with Crippen molar-refractivity contribution >= 4 is 23.5 Å². The molecule has 0 amide bonds. The average Bonchev–Trinajstić information content (AvgIpc) is 2.87. The summed E-state index contributed by atoms with van der Waals surface area (Å²) in [6.07, 6.45) is 1.54. The minimum absolute atomic E-state index is 0.162. The van der Waals surface area contributed by atoms with E-state index in [1.54, 1.807) is 24.3 Å². The Labute approximate surface area is 150 Å². The number of hydrogen-bond acceptors (Lipinski definition) is 3. The van der Waals surface area contributed by atoms with Gasteiger partial charge in [0.25, 0.3) is 5.56 Å². The maximum absolute atomic E-state index is 12.6. The number of H-pyrrole nitrogens is 1. The van der Waals surface area contributed by atoms with E-state index in [1.807, 2.05) is 32.0 Å². The number of rotatable bonds is 4. The third-order valence-corrected chi connectivity index (χ3v) is 4.35. The normalized spacial score (nSPS) is 11.2. The molecule has 25 heavy (non-hydrogen) atoms. The van der Waals surface area contributed by atoms with Gasteiger partial charge >= 0.3 is 0 Å². The van der Waals surface area contributed by atoms with Crippen LogP contribution in [0.4, 0.5) is 5.69 Å². The summed E-state index contributed by atoms with van der Waals surface area (Å²) in [5, 5.41) is 7.88. The molecule has 0 bridgehead atoms. The van der Waals surface area contributed by atoms with Gasteiger partial charge in [0, 0.05) is 10.7 Å². The lowest BCUT2D eigenvalue weighted by Crippen LogP contribution is -2.17. The van der Waals surface area contributed by atoms with Gasteiger partial charge in [-0.3, -0.25) is 15.3 Å². The lowest BCUT2D eigenvalue weighted by Gasteiger charge is -2.03. The van der Waals surface area contributed by atoms with Crippen molar-refractivity contribution in [3.05, 3.63) is 80.2 Å². The second-order valence-corrected chi connectivity index (χ2v) is 6.37. The fourth-order valence-corrected chi connectivity index (χ4v) is 2.59. The van der Waals surface area contributed by atoms with Gasteiger partial charge in [0.1, 0.15) is 0 Å². The van der Waals surface area contributed by atoms with Gasteiger partial charge in [-0.15, -0.1) is 0 Å². The second kappa shape index (κ2) is 6.99. The largest absolute Gasteiger partial charge is 0.295 e. The highest BCUT2D eigenvalue weighted by Crippen LogP contribution is 2.14. The number of aromatic nitrogens is 2. The van der Waals surface area contributed by atoms with Crippen molar-refractivity contribution in [3.8, 4) is 5.69 Å². The zero-order valence-electron chi connectivity index (χ0n) is 14.3. The van der Waals surface area contributed by atoms with E-state index in [0.717, 1.165) is 17.1 Å². The Kier molecular flexibility index (Phi) is 4.76. The molecule has 2 N–H and O–H groups in total. The van der Waals surface area contributed by atoms with Crippen LogP contribution in [0.3, 0.4) is 0 Å². The van der Waals surface area contributed by atoms with Crippen LogP contribution in [0.2, 0.25) is 5.02 Å². The molecule has 3 aromatic rings. The molecule has 0 aliphatic rings. The highest BCUT2D eigenvalue weighted by atomic mass is 35.5. The number of nitrogens with zero attached hydrogens (tertiary/aromatic N) is 2. The van der Waals surface area contributed by atoms with Crippen LogP contribution in [0, 0.1) is 20.8 Å². The van der Waals surface area contributed by atoms with E-state index in [0.29, 0.717) is 10.6 Å². The third-order valence-electron chi connectivity index (χ3n) is 4.10. The minimum Gasteiger partial charge on any atom is -0.295 e. The Morgan fingerprint density at radius 1 is 1.08 bits per heavy atom. The van der Waals surface area contributed by atoms with Gasteiger partial charge in [0.15, 0.2) is 0 Å². The maximum atomic E-state index is 12.6. The molecule has 0 spiro atoms. The number of aryl methyl sites for hydroxylation is 3. The topological polar surface area (TPSA) is 62.2 Å². The molecule has 0 aliphatic carbocycles. The van der Waals surface area contributed by atoms with Crippen LogP contribution in [0.25, 0.3) is 5.69 Å². The maximum Gasteiger partial charge on any atom is 0.280 e. The fraction of sp³-hybridized carbons (Fsp3) is 0.158. The zero-order chi connectivity index (χ0) is 18.0. The van der Waals surface area contributed by atoms with E-state index >= 15 is 0 Å². The van der Waals surface area contributed by atoms with Gasteiger partial charge in [-0.05, 0) is 68.3 Å². The molecule has 0 radical (unpaired) electrons. The van der Waals surface area contributed by atoms with Crippen molar-refractivity contribution in [2.45, 2.75) is 20.8 Å². The SMILES string of the molecule is Cc1ccc(NN=Cc2c(C)[nH]n(-c3ccc(Cl)cc3)c2=O)cc1C. The molecule has 128 valence electrons. The molecular weight excluding hydrogens is 336 g/mol. The van der Waals surface area contributed by atoms with Crippen molar-refractivity contribution in [2.75, 3.05) is 5.43 Å². The van der Waals surface area contributed by atoms with Gasteiger partial charge < -0.3 is 0 Å². The van der Waals surface area contributed by atoms with Gasteiger partial charge in [-0.2, -0.15) is 5.10 Å². The molecule has 2 aromatic carbocycles. The summed E-state index contributed by atoms with van der Waals surface area (Å²) >= 11 is 5.90. The predicted molar refractivity (Wildman–Crippen MR) is 103 cm³/mol. The molecule has 0 saturated carbocycles. The van der Waals surface area contributed by atoms with E-state index in [2.05, 4.69) is 22.5 Å². The summed E-state index contributed by atoms with van der Waals surface area (Å²) < 4.78 is 1.48. The Morgan fingerprint density at radius 2 is 1.80 bits per heavy atom. The molecule has 1 aromatic heterocycles. The second-order valence-electron chi connectivity index (χ2n) is 5.94. The summed E-state index contributed by atoms with van der Waals surface area (Å²) in [7, 11) is 0. The van der Waals surface area contributed by atoms with E-state index in [9.17, 15) is 4.79 Å². The molecule has 0 unspecified atom stereocenters. The smallest absolute Gasteiger partial charge is 0.280 e. The lowest BCUT2D eigenvalue weighted by atomic mass is 10.1. The van der Waals surface area contributed by atoms with Crippen molar-refractivity contribution in [1.29, 1.82) is 0 Å². The standard InChI is InChI=1S/C19H19ClN4O/c1-12-4-7-16(10-13(12)2)22-21-11-18-14(3)23-24(19(18)25)17-8-5-15(20)6-9-17/h4-11,22-23H,1-3H3. The van der Waals surface area contributed by atoms with Gasteiger partial charge in [0.2, 0.25) is 0 Å². The van der Waals surface area contributed by atoms with Crippen LogP contribution in [0.1, 0.15) is 22.4 Å². The van der Waals surface area contributed by atoms with Gasteiger partial charge in [-0.1, -0.05) is 17.7 Å². The fourth-order valence-electron chi connectivity index (χ4n) is 2.47. The van der Waals surface area contributed by atoms with Crippen LogP contribution in [0.5, 0.6) is 0 Å². The highest BCUT2D eigenvalue weighted by molar-refractivity contribution is 6.30. The van der Waals surface area contributed by atoms with E-state index in [4.69, 9.17) is 11.6 Å². The number of nitrogens with one attached hydrogen (secondary N) is 2. The first kappa shape index (κ1) is 17.0. The van der Waals surface area contributed by atoms with Crippen LogP contribution in [-0.4, -0.2) is 16.0 Å². The predicted octanol–water partition coefficient (Wildman–Crippen LogP) is 4.19. The summed E-state index contributed by atoms with van der Waals surface area (Å²) in [5.41, 5.74) is 8.06. The van der Waals surface area contributed by atoms with E-state index in [-0.39, 0.29) is 5.56 Å². The minimum atomic E-state index is -0.162. The number of anilines is 1. The molecule has 0 fully saturated rings. The molecule has 0 saturated heterocycles. The molecular formula is C19H19ClN4O. The zero-order valence-corrected chi connectivity index (χ0v) is 15.1. The monoisotopic (exact) mass is 354 g/mol. The number of hydrazone groups is 1. The van der Waals surface area contributed by atoms with Crippen molar-refractivity contribution in [3.63, 3.8) is 0 Å². The summed E-state index contributed by atoms with van der Waals surface area (Å²) in [5.74, 6) is 0. The summed E-state index contributed by atoms with van der Waals surface area (Å²) in [6.45, 7) is 5.95. The molecule has 0 atom stereocenters.